The zero-order valence-electron chi connectivity index (χ0n) is 20.6. The molecule has 1 aliphatic rings. The van der Waals surface area contributed by atoms with E-state index in [1.165, 1.54) is 37.7 Å². The third-order valence-electron chi connectivity index (χ3n) is 6.98. The molecule has 4 aromatic carbocycles. The molecule has 1 aliphatic heterocycles. The van der Waals surface area contributed by atoms with Gasteiger partial charge in [0.15, 0.2) is 0 Å². The van der Waals surface area contributed by atoms with E-state index in [1.54, 1.807) is 0 Å². The van der Waals surface area contributed by atoms with Crippen LogP contribution in [0.15, 0.2) is 91.3 Å². The minimum absolute atomic E-state index is 0. The van der Waals surface area contributed by atoms with Crippen LogP contribution in [-0.2, 0) is 27.6 Å². The van der Waals surface area contributed by atoms with E-state index in [-0.39, 0.29) is 21.1 Å². The van der Waals surface area contributed by atoms with Crippen molar-refractivity contribution in [2.45, 2.75) is 19.6 Å². The van der Waals surface area contributed by atoms with Gasteiger partial charge in [-0.3, -0.25) is 0 Å². The minimum atomic E-state index is -2.03. The third-order valence-corrected chi connectivity index (χ3v) is 10.3. The average Bonchev–Trinajstić information content (AvgIpc) is 3.46. The Morgan fingerprint density at radius 1 is 0.833 bits per heavy atom. The number of rotatable bonds is 5. The second-order valence-electron chi connectivity index (χ2n) is 9.70. The van der Waals surface area contributed by atoms with Gasteiger partial charge in [0.25, 0.3) is 0 Å². The van der Waals surface area contributed by atoms with Gasteiger partial charge in [0, 0.05) is 12.1 Å². The van der Waals surface area contributed by atoms with Crippen molar-refractivity contribution in [1.29, 1.82) is 0 Å². The fraction of sp³-hybridized carbons (Fsp3) is 0.129. The quantitative estimate of drug-likeness (QED) is 0.184. The van der Waals surface area contributed by atoms with Crippen molar-refractivity contribution >= 4 is 45.9 Å². The molecule has 0 fully saturated rings. The Balaban J connectivity index is 0.00000267. The number of hydrogen-bond donors (Lipinski definition) is 0. The van der Waals surface area contributed by atoms with Gasteiger partial charge in [-0.1, -0.05) is 36.8 Å². The molecule has 0 atom stereocenters. The summed E-state index contributed by atoms with van der Waals surface area (Å²) in [7, 11) is 0.00807. The van der Waals surface area contributed by atoms with Gasteiger partial charge < -0.3 is 14.4 Å². The number of benzene rings is 4. The number of nitrogens with zero attached hydrogens (tertiary/aromatic N) is 3. The van der Waals surface area contributed by atoms with Gasteiger partial charge >= 0.3 is 21.1 Å². The molecule has 180 valence electrons. The van der Waals surface area contributed by atoms with Crippen LogP contribution in [0, 0.1) is 24.9 Å². The average molecular weight is 665 g/mol. The summed E-state index contributed by atoms with van der Waals surface area (Å²) in [6.45, 7) is 7.66. The number of anilines is 1. The number of para-hydroxylation sites is 1. The summed E-state index contributed by atoms with van der Waals surface area (Å²) in [5.74, 6) is 0. The van der Waals surface area contributed by atoms with Crippen LogP contribution in [0.1, 0.15) is 5.56 Å². The molecule has 5 aromatic rings. The van der Waals surface area contributed by atoms with Crippen LogP contribution in [-0.4, -0.2) is 24.6 Å². The van der Waals surface area contributed by atoms with Crippen LogP contribution in [0.25, 0.3) is 21.8 Å². The first-order valence-corrected chi connectivity index (χ1v) is 15.0. The predicted molar refractivity (Wildman–Crippen MR) is 148 cm³/mol. The van der Waals surface area contributed by atoms with Gasteiger partial charge in [0.05, 0.1) is 8.07 Å². The Bertz CT molecular complexity index is 1550. The molecule has 0 amide bonds. The van der Waals surface area contributed by atoms with E-state index in [0.29, 0.717) is 0 Å². The van der Waals surface area contributed by atoms with E-state index in [0.717, 1.165) is 12.2 Å². The minimum Gasteiger partial charge on any atom is -0.510 e. The van der Waals surface area contributed by atoms with Crippen LogP contribution in [0.5, 0.6) is 0 Å². The first kappa shape index (κ1) is 24.6. The maximum absolute atomic E-state index is 3.72. The van der Waals surface area contributed by atoms with Crippen molar-refractivity contribution in [3.63, 3.8) is 0 Å². The van der Waals surface area contributed by atoms with Crippen LogP contribution in [0.4, 0.5) is 5.69 Å². The monoisotopic (exact) mass is 664 g/mol. The molecule has 0 radical (unpaired) electrons. The molecule has 0 spiro atoms. The largest absolute Gasteiger partial charge is 4.00 e. The second kappa shape index (κ2) is 9.76. The van der Waals surface area contributed by atoms with E-state index in [1.807, 2.05) is 30.3 Å². The summed E-state index contributed by atoms with van der Waals surface area (Å²) in [6, 6.07) is 38.8. The fourth-order valence-electron chi connectivity index (χ4n) is 4.93. The van der Waals surface area contributed by atoms with Gasteiger partial charge in [0.1, 0.15) is 0 Å². The zero-order valence-corrected chi connectivity index (χ0v) is 23.9. The molecule has 2 heterocycles. The van der Waals surface area contributed by atoms with E-state index < -0.39 is 8.07 Å². The van der Waals surface area contributed by atoms with Gasteiger partial charge in [-0.25, -0.2) is 0 Å². The first-order chi connectivity index (χ1) is 17.0. The zero-order chi connectivity index (χ0) is 24.0. The molecule has 0 aliphatic carbocycles. The van der Waals surface area contributed by atoms with Crippen LogP contribution in [0.2, 0.25) is 13.1 Å². The summed E-state index contributed by atoms with van der Waals surface area (Å²) in [4.78, 5) is 4.17. The SMILES string of the molecule is CN1C=CN(c2[c-]c([Si](C)(C)c3[c-]cc4c(c3)c3ccccc3n4Cc3[c-]cccc3)ccc2)[CH-]1.[Pt+4]. The van der Waals surface area contributed by atoms with Crippen molar-refractivity contribution in [2.24, 2.45) is 0 Å². The summed E-state index contributed by atoms with van der Waals surface area (Å²) >= 11 is 0. The van der Waals surface area contributed by atoms with Crippen molar-refractivity contribution in [1.82, 2.24) is 9.47 Å². The molecule has 5 heteroatoms. The predicted octanol–water partition coefficient (Wildman–Crippen LogP) is 5.41. The molecule has 0 saturated heterocycles. The van der Waals surface area contributed by atoms with Crippen LogP contribution in [0.3, 0.4) is 0 Å². The Morgan fingerprint density at radius 3 is 2.44 bits per heavy atom. The molecular formula is C31H27N3PtSi. The molecule has 0 N–H and O–H groups in total. The normalized spacial score (nSPS) is 13.5. The smallest absolute Gasteiger partial charge is 0.510 e. The number of fused-ring (bicyclic) bond motifs is 3. The van der Waals surface area contributed by atoms with Crippen LogP contribution >= 0.6 is 0 Å². The Labute approximate surface area is 228 Å². The van der Waals surface area contributed by atoms with Crippen molar-refractivity contribution in [3.8, 4) is 0 Å². The van der Waals surface area contributed by atoms with Gasteiger partial charge in [-0.05, 0) is 30.9 Å². The van der Waals surface area contributed by atoms with Gasteiger partial charge in [-0.2, -0.15) is 89.8 Å². The summed E-state index contributed by atoms with van der Waals surface area (Å²) in [5, 5.41) is 5.16. The number of aromatic nitrogens is 1. The second-order valence-corrected chi connectivity index (χ2v) is 14.0. The molecule has 0 saturated carbocycles. The molecule has 36 heavy (non-hydrogen) atoms. The van der Waals surface area contributed by atoms with Gasteiger partial charge in [0.2, 0.25) is 0 Å². The maximum atomic E-state index is 3.72. The van der Waals surface area contributed by atoms with Gasteiger partial charge in [-0.15, -0.1) is 16.6 Å². The molecule has 1 aromatic heterocycles. The summed E-state index contributed by atoms with van der Waals surface area (Å²) in [5.41, 5.74) is 4.72. The Hall–Kier alpha value is -3.07. The van der Waals surface area contributed by atoms with Crippen molar-refractivity contribution < 1.29 is 21.1 Å². The molecular weight excluding hydrogens is 638 g/mol. The van der Waals surface area contributed by atoms with E-state index >= 15 is 0 Å². The topological polar surface area (TPSA) is 11.4 Å². The summed E-state index contributed by atoms with van der Waals surface area (Å²) in [6.07, 6.45) is 4.12. The van der Waals surface area contributed by atoms with E-state index in [4.69, 9.17) is 0 Å². The standard InChI is InChI=1S/C31H27N3Si.Pt/c1-32-18-19-33(23-32)25-12-9-13-26(20-25)35(2,3)27-16-17-31-29(21-27)28-14-7-8-15-30(28)34(31)22-24-10-5-4-6-11-24;/h4-10,12-15,17-19,21,23H,22H2,1-3H3;/q-4;+4. The maximum Gasteiger partial charge on any atom is 4.00 e. The molecule has 0 unspecified atom stereocenters. The molecule has 0 bridgehead atoms. The number of hydrogen-bond acceptors (Lipinski definition) is 2. The Morgan fingerprint density at radius 2 is 1.67 bits per heavy atom. The van der Waals surface area contributed by atoms with E-state index in [2.05, 4.69) is 120 Å². The summed E-state index contributed by atoms with van der Waals surface area (Å²) < 4.78 is 2.39. The third kappa shape index (κ3) is 4.34. The van der Waals surface area contributed by atoms with E-state index in [9.17, 15) is 0 Å². The molecule has 3 nitrogen and oxygen atoms in total. The first-order valence-electron chi connectivity index (χ1n) is 12.0. The van der Waals surface area contributed by atoms with Crippen LogP contribution < -0.4 is 15.3 Å². The van der Waals surface area contributed by atoms with Crippen molar-refractivity contribution in [2.75, 3.05) is 11.9 Å². The van der Waals surface area contributed by atoms with Crippen molar-refractivity contribution in [3.05, 3.63) is 122 Å². The Kier molecular flexibility index (Phi) is 6.67. The molecule has 6 rings (SSSR count). The fourth-order valence-corrected chi connectivity index (χ4v) is 7.11.